The van der Waals surface area contributed by atoms with Gasteiger partial charge in [-0.2, -0.15) is 0 Å². The molecule has 0 fully saturated rings. The Kier molecular flexibility index (Phi) is 3.78. The molecule has 2 aromatic rings. The molecular weight excluding hydrogens is 240 g/mol. The van der Waals surface area contributed by atoms with Crippen molar-refractivity contribution in [3.63, 3.8) is 0 Å². The van der Waals surface area contributed by atoms with E-state index in [1.165, 1.54) is 0 Å². The molecule has 0 aliphatic carbocycles. The fraction of sp³-hybridized carbons (Fsp3) is 0.250. The van der Waals surface area contributed by atoms with Crippen molar-refractivity contribution >= 4 is 11.6 Å². The molecule has 0 amide bonds. The molecule has 0 saturated carbocycles. The van der Waals surface area contributed by atoms with Gasteiger partial charge in [-0.1, -0.05) is 11.6 Å². The number of imidazole rings is 1. The average molecular weight is 253 g/mol. The first kappa shape index (κ1) is 12.1. The highest BCUT2D eigenvalue weighted by atomic mass is 35.5. The first-order valence-electron chi connectivity index (χ1n) is 5.09. The third kappa shape index (κ3) is 2.66. The number of aromatic nitrogens is 2. The Morgan fingerprint density at radius 3 is 2.59 bits per heavy atom. The van der Waals surface area contributed by atoms with E-state index in [-0.39, 0.29) is 0 Å². The molecule has 1 aromatic heterocycles. The fourth-order valence-corrected chi connectivity index (χ4v) is 1.90. The zero-order chi connectivity index (χ0) is 12.3. The topological polar surface area (TPSA) is 36.3 Å². The predicted octanol–water partition coefficient (Wildman–Crippen LogP) is 2.82. The predicted molar refractivity (Wildman–Crippen MR) is 65.3 cm³/mol. The highest BCUT2D eigenvalue weighted by Gasteiger charge is 2.11. The Hall–Kier alpha value is -1.36. The molecule has 1 heterocycles. The number of hydrogen-bond acceptors (Lipinski definition) is 3. The van der Waals surface area contributed by atoms with Gasteiger partial charge in [0.25, 0.3) is 0 Å². The average Bonchev–Trinajstić information content (AvgIpc) is 2.83. The first-order chi connectivity index (χ1) is 8.24. The van der Waals surface area contributed by atoms with Crippen molar-refractivity contribution in [3.05, 3.63) is 47.5 Å². The summed E-state index contributed by atoms with van der Waals surface area (Å²) in [6.07, 6.45) is 4.86. The minimum atomic E-state index is -0.420. The highest BCUT2D eigenvalue weighted by Crippen LogP contribution is 2.24. The number of nitrogens with zero attached hydrogens (tertiary/aromatic N) is 2. The van der Waals surface area contributed by atoms with E-state index in [9.17, 15) is 0 Å². The number of ether oxygens (including phenoxy) is 2. The molecule has 0 N–H and O–H groups in total. The molecular formula is C12H13ClN2O2. The molecule has 4 nitrogen and oxygen atoms in total. The first-order valence-corrected chi connectivity index (χ1v) is 5.47. The van der Waals surface area contributed by atoms with Gasteiger partial charge in [-0.15, -0.1) is 0 Å². The lowest BCUT2D eigenvalue weighted by Gasteiger charge is -2.15. The molecule has 0 unspecified atom stereocenters. The Morgan fingerprint density at radius 1 is 1.24 bits per heavy atom. The van der Waals surface area contributed by atoms with Crippen LogP contribution in [0.15, 0.2) is 36.9 Å². The molecule has 1 aromatic carbocycles. The van der Waals surface area contributed by atoms with E-state index >= 15 is 0 Å². The van der Waals surface area contributed by atoms with Crippen LogP contribution in [0.3, 0.4) is 0 Å². The van der Waals surface area contributed by atoms with E-state index < -0.39 is 6.29 Å². The molecule has 0 atom stereocenters. The SMILES string of the molecule is COC(OC)c1cc(Cl)cc(-n2ccnc2)c1. The lowest BCUT2D eigenvalue weighted by atomic mass is 10.2. The monoisotopic (exact) mass is 252 g/mol. The van der Waals surface area contributed by atoms with Crippen LogP contribution in [0.4, 0.5) is 0 Å². The standard InChI is InChI=1S/C12H13ClN2O2/c1-16-12(17-2)9-5-10(13)7-11(6-9)15-4-3-14-8-15/h3-8,12H,1-2H3. The molecule has 2 rings (SSSR count). The number of halogens is 1. The highest BCUT2D eigenvalue weighted by molar-refractivity contribution is 6.30. The van der Waals surface area contributed by atoms with Crippen LogP contribution in [0, 0.1) is 0 Å². The van der Waals surface area contributed by atoms with Gasteiger partial charge in [0.15, 0.2) is 6.29 Å². The third-order valence-electron chi connectivity index (χ3n) is 2.41. The normalized spacial score (nSPS) is 11.1. The lowest BCUT2D eigenvalue weighted by molar-refractivity contribution is -0.106. The van der Waals surface area contributed by atoms with Gasteiger partial charge in [0.1, 0.15) is 0 Å². The number of hydrogen-bond donors (Lipinski definition) is 0. The number of methoxy groups -OCH3 is 2. The number of benzene rings is 1. The molecule has 17 heavy (non-hydrogen) atoms. The van der Waals surface area contributed by atoms with Crippen LogP contribution in [0.5, 0.6) is 0 Å². The van der Waals surface area contributed by atoms with Crippen molar-refractivity contribution in [1.29, 1.82) is 0 Å². The maximum absolute atomic E-state index is 6.08. The van der Waals surface area contributed by atoms with Crippen LogP contribution in [0.1, 0.15) is 11.9 Å². The summed E-state index contributed by atoms with van der Waals surface area (Å²) in [6.45, 7) is 0. The van der Waals surface area contributed by atoms with E-state index in [1.807, 2.05) is 29.0 Å². The number of rotatable bonds is 4. The van der Waals surface area contributed by atoms with E-state index in [0.717, 1.165) is 11.3 Å². The van der Waals surface area contributed by atoms with Crippen molar-refractivity contribution in [2.24, 2.45) is 0 Å². The second kappa shape index (κ2) is 5.31. The lowest BCUT2D eigenvalue weighted by Crippen LogP contribution is -2.04. The van der Waals surface area contributed by atoms with Crippen molar-refractivity contribution < 1.29 is 9.47 Å². The summed E-state index contributed by atoms with van der Waals surface area (Å²) < 4.78 is 12.3. The van der Waals surface area contributed by atoms with Crippen LogP contribution in [0.2, 0.25) is 5.02 Å². The van der Waals surface area contributed by atoms with E-state index in [0.29, 0.717) is 5.02 Å². The van der Waals surface area contributed by atoms with E-state index in [1.54, 1.807) is 26.7 Å². The minimum absolute atomic E-state index is 0.420. The smallest absolute Gasteiger partial charge is 0.183 e. The second-order valence-corrected chi connectivity index (χ2v) is 3.95. The third-order valence-corrected chi connectivity index (χ3v) is 2.63. The Labute approximate surface area is 105 Å². The van der Waals surface area contributed by atoms with Gasteiger partial charge >= 0.3 is 0 Å². The van der Waals surface area contributed by atoms with E-state index in [2.05, 4.69) is 4.98 Å². The van der Waals surface area contributed by atoms with Crippen LogP contribution < -0.4 is 0 Å². The molecule has 0 aliphatic heterocycles. The summed E-state index contributed by atoms with van der Waals surface area (Å²) in [4.78, 5) is 4.00. The van der Waals surface area contributed by atoms with Crippen molar-refractivity contribution in [2.45, 2.75) is 6.29 Å². The van der Waals surface area contributed by atoms with Crippen LogP contribution >= 0.6 is 11.6 Å². The maximum atomic E-state index is 6.08. The van der Waals surface area contributed by atoms with Gasteiger partial charge in [0.2, 0.25) is 0 Å². The van der Waals surface area contributed by atoms with Crippen molar-refractivity contribution in [2.75, 3.05) is 14.2 Å². The zero-order valence-electron chi connectivity index (χ0n) is 9.63. The van der Waals surface area contributed by atoms with Crippen LogP contribution in [0.25, 0.3) is 5.69 Å². The minimum Gasteiger partial charge on any atom is -0.352 e. The molecule has 5 heteroatoms. The van der Waals surface area contributed by atoms with E-state index in [4.69, 9.17) is 21.1 Å². The summed E-state index contributed by atoms with van der Waals surface area (Å²) >= 11 is 6.08. The fourth-order valence-electron chi connectivity index (χ4n) is 1.66. The zero-order valence-corrected chi connectivity index (χ0v) is 10.4. The van der Waals surface area contributed by atoms with Gasteiger partial charge in [-0.25, -0.2) is 4.98 Å². The van der Waals surface area contributed by atoms with Gasteiger partial charge in [-0.05, 0) is 18.2 Å². The largest absolute Gasteiger partial charge is 0.352 e. The van der Waals surface area contributed by atoms with Crippen molar-refractivity contribution in [3.8, 4) is 5.69 Å². The Morgan fingerprint density at radius 2 is 2.00 bits per heavy atom. The molecule has 90 valence electrons. The molecule has 0 aliphatic rings. The summed E-state index contributed by atoms with van der Waals surface area (Å²) in [5, 5.41) is 0.630. The van der Waals surface area contributed by atoms with Crippen LogP contribution in [-0.2, 0) is 9.47 Å². The van der Waals surface area contributed by atoms with Gasteiger partial charge < -0.3 is 14.0 Å². The molecule has 0 saturated heterocycles. The molecule has 0 spiro atoms. The summed E-state index contributed by atoms with van der Waals surface area (Å²) in [5.74, 6) is 0. The van der Waals surface area contributed by atoms with Gasteiger partial charge in [0.05, 0.1) is 6.33 Å². The Balaban J connectivity index is 2.42. The summed E-state index contributed by atoms with van der Waals surface area (Å²) in [7, 11) is 3.18. The van der Waals surface area contributed by atoms with Gasteiger partial charge in [-0.3, -0.25) is 0 Å². The maximum Gasteiger partial charge on any atom is 0.183 e. The summed E-state index contributed by atoms with van der Waals surface area (Å²) in [5.41, 5.74) is 1.79. The van der Waals surface area contributed by atoms with Crippen LogP contribution in [-0.4, -0.2) is 23.8 Å². The van der Waals surface area contributed by atoms with Crippen molar-refractivity contribution in [1.82, 2.24) is 9.55 Å². The summed E-state index contributed by atoms with van der Waals surface area (Å²) in [6, 6.07) is 5.62. The quantitative estimate of drug-likeness (QED) is 0.785. The Bertz CT molecular complexity index is 481. The van der Waals surface area contributed by atoms with Gasteiger partial charge in [0, 0.05) is 42.9 Å². The second-order valence-electron chi connectivity index (χ2n) is 3.52. The molecule has 0 bridgehead atoms. The molecule has 0 radical (unpaired) electrons.